The van der Waals surface area contributed by atoms with Crippen molar-refractivity contribution in [3.63, 3.8) is 0 Å². The van der Waals surface area contributed by atoms with Crippen molar-refractivity contribution in [1.29, 1.82) is 0 Å². The number of ether oxygens (including phenoxy) is 2. The number of carboxylic acid groups (broad SMARTS) is 1. The number of halogens is 3. The summed E-state index contributed by atoms with van der Waals surface area (Å²) in [5.74, 6) is -0.794. The van der Waals surface area contributed by atoms with Crippen LogP contribution in [0.3, 0.4) is 0 Å². The molecule has 21 heavy (non-hydrogen) atoms. The van der Waals surface area contributed by atoms with E-state index in [0.717, 1.165) is 29.1 Å². The minimum Gasteiger partial charge on any atom is -0.492 e. The average molecular weight is 326 g/mol. The lowest BCUT2D eigenvalue weighted by Gasteiger charge is -2.08. The number of hydrogen-bond donors (Lipinski definition) is 1. The number of rotatable bonds is 9. The van der Waals surface area contributed by atoms with Gasteiger partial charge in [0.25, 0.3) is 0 Å². The Hall–Kier alpha value is -1.28. The summed E-state index contributed by atoms with van der Waals surface area (Å²) in [6.07, 6.45) is -2.42. The van der Waals surface area contributed by atoms with Crippen molar-refractivity contribution in [3.05, 3.63) is 15.8 Å². The Morgan fingerprint density at radius 2 is 2.10 bits per heavy atom. The molecule has 0 amide bonds. The first-order chi connectivity index (χ1) is 9.83. The largest absolute Gasteiger partial charge is 0.492 e. The number of alkyl halides is 3. The van der Waals surface area contributed by atoms with Crippen molar-refractivity contribution >= 4 is 17.3 Å². The molecule has 1 aromatic rings. The molecule has 0 fully saturated rings. The second-order valence-electron chi connectivity index (χ2n) is 4.33. The Bertz CT molecular complexity index is 457. The number of carbonyl (C=O) groups is 1. The summed E-state index contributed by atoms with van der Waals surface area (Å²) in [5.41, 5.74) is 0. The molecule has 0 atom stereocenters. The van der Waals surface area contributed by atoms with Crippen LogP contribution < -0.4 is 4.74 Å². The number of carboxylic acids is 1. The van der Waals surface area contributed by atoms with E-state index < -0.39 is 18.8 Å². The molecule has 1 heterocycles. The third kappa shape index (κ3) is 6.81. The Balaban J connectivity index is 2.39. The van der Waals surface area contributed by atoms with Crippen molar-refractivity contribution in [3.8, 4) is 5.75 Å². The summed E-state index contributed by atoms with van der Waals surface area (Å²) in [6, 6.07) is 1.67. The maximum atomic E-state index is 11.8. The van der Waals surface area contributed by atoms with E-state index in [-0.39, 0.29) is 30.3 Å². The molecule has 1 aromatic heterocycles. The van der Waals surface area contributed by atoms with Gasteiger partial charge in [0.2, 0.25) is 0 Å². The van der Waals surface area contributed by atoms with E-state index in [0.29, 0.717) is 0 Å². The van der Waals surface area contributed by atoms with Crippen LogP contribution >= 0.6 is 11.3 Å². The van der Waals surface area contributed by atoms with E-state index in [1.165, 1.54) is 0 Å². The fraction of sp³-hybridized carbons (Fsp3) is 0.615. The highest BCUT2D eigenvalue weighted by Gasteiger charge is 2.27. The van der Waals surface area contributed by atoms with Crippen LogP contribution in [0.4, 0.5) is 13.2 Å². The normalized spacial score (nSPS) is 11.6. The monoisotopic (exact) mass is 326 g/mol. The molecule has 0 saturated carbocycles. The van der Waals surface area contributed by atoms with E-state index >= 15 is 0 Å². The van der Waals surface area contributed by atoms with Crippen molar-refractivity contribution < 1.29 is 32.5 Å². The van der Waals surface area contributed by atoms with Gasteiger partial charge in [-0.25, -0.2) is 4.79 Å². The minimum atomic E-state index is -4.33. The molecule has 1 rings (SSSR count). The Kier molecular flexibility index (Phi) is 6.97. The second kappa shape index (κ2) is 8.23. The molecular formula is C13H17F3O4S. The summed E-state index contributed by atoms with van der Waals surface area (Å²) >= 11 is 1.16. The Morgan fingerprint density at radius 1 is 1.38 bits per heavy atom. The number of aryl methyl sites for hydroxylation is 1. The minimum absolute atomic E-state index is 0.0894. The van der Waals surface area contributed by atoms with Gasteiger partial charge in [0.05, 0.1) is 13.2 Å². The van der Waals surface area contributed by atoms with Crippen LogP contribution in [0, 0.1) is 0 Å². The van der Waals surface area contributed by atoms with Gasteiger partial charge in [-0.15, -0.1) is 11.3 Å². The Morgan fingerprint density at radius 3 is 2.67 bits per heavy atom. The summed E-state index contributed by atoms with van der Waals surface area (Å²) < 4.78 is 45.2. The van der Waals surface area contributed by atoms with Crippen LogP contribution in [0.15, 0.2) is 6.07 Å². The van der Waals surface area contributed by atoms with Gasteiger partial charge >= 0.3 is 12.1 Å². The highest BCUT2D eigenvalue weighted by Crippen LogP contribution is 2.30. The van der Waals surface area contributed by atoms with Gasteiger partial charge in [0.1, 0.15) is 12.4 Å². The first-order valence-electron chi connectivity index (χ1n) is 6.46. The quantitative estimate of drug-likeness (QED) is 0.702. The van der Waals surface area contributed by atoms with Gasteiger partial charge in [-0.2, -0.15) is 13.2 Å². The van der Waals surface area contributed by atoms with Crippen LogP contribution in [-0.2, 0) is 11.2 Å². The molecule has 0 aromatic carbocycles. The molecule has 0 unspecified atom stereocenters. The highest BCUT2D eigenvalue weighted by atomic mass is 32.1. The third-order valence-electron chi connectivity index (χ3n) is 2.40. The number of aromatic carboxylic acids is 1. The molecule has 0 aliphatic carbocycles. The molecular weight excluding hydrogens is 309 g/mol. The smallest absolute Gasteiger partial charge is 0.411 e. The van der Waals surface area contributed by atoms with Crippen LogP contribution in [0.25, 0.3) is 0 Å². The fourth-order valence-electron chi connectivity index (χ4n) is 1.58. The first kappa shape index (κ1) is 17.8. The molecule has 0 aliphatic heterocycles. The summed E-state index contributed by atoms with van der Waals surface area (Å²) in [5, 5.41) is 9.06. The lowest BCUT2D eigenvalue weighted by atomic mass is 10.3. The van der Waals surface area contributed by atoms with Crippen LogP contribution in [-0.4, -0.2) is 37.1 Å². The van der Waals surface area contributed by atoms with Gasteiger partial charge in [-0.3, -0.25) is 0 Å². The zero-order chi connectivity index (χ0) is 15.9. The van der Waals surface area contributed by atoms with Crippen LogP contribution in [0.1, 0.15) is 34.3 Å². The van der Waals surface area contributed by atoms with Crippen LogP contribution in [0.2, 0.25) is 0 Å². The second-order valence-corrected chi connectivity index (χ2v) is 5.47. The van der Waals surface area contributed by atoms with Gasteiger partial charge in [0, 0.05) is 11.3 Å². The first-order valence-corrected chi connectivity index (χ1v) is 7.28. The fourth-order valence-corrected chi connectivity index (χ4v) is 2.62. The molecule has 0 saturated heterocycles. The van der Waals surface area contributed by atoms with Crippen molar-refractivity contribution in [2.24, 2.45) is 0 Å². The summed E-state index contributed by atoms with van der Waals surface area (Å²) in [6.45, 7) is 0.722. The van der Waals surface area contributed by atoms with Crippen LogP contribution in [0.5, 0.6) is 5.75 Å². The van der Waals surface area contributed by atoms with E-state index in [4.69, 9.17) is 9.84 Å². The van der Waals surface area contributed by atoms with E-state index in [2.05, 4.69) is 4.74 Å². The molecule has 8 heteroatoms. The predicted molar refractivity (Wildman–Crippen MR) is 72.3 cm³/mol. The van der Waals surface area contributed by atoms with E-state index in [9.17, 15) is 18.0 Å². The zero-order valence-electron chi connectivity index (χ0n) is 11.5. The number of hydrogen-bond acceptors (Lipinski definition) is 4. The molecule has 0 bridgehead atoms. The van der Waals surface area contributed by atoms with E-state index in [1.54, 1.807) is 6.07 Å². The third-order valence-corrected chi connectivity index (χ3v) is 3.56. The van der Waals surface area contributed by atoms with E-state index in [1.807, 2.05) is 6.92 Å². The SMILES string of the molecule is CCCc1cc(OCCCOCC(F)(F)F)c(C(=O)O)s1. The van der Waals surface area contributed by atoms with Crippen molar-refractivity contribution in [2.75, 3.05) is 19.8 Å². The molecule has 0 radical (unpaired) electrons. The standard InChI is InChI=1S/C13H17F3O4S/c1-2-4-9-7-10(11(21-9)12(17)18)20-6-3-5-19-8-13(14,15)16/h7H,2-6,8H2,1H3,(H,17,18). The topological polar surface area (TPSA) is 55.8 Å². The predicted octanol–water partition coefficient (Wildman–Crippen LogP) is 3.75. The maximum Gasteiger partial charge on any atom is 0.411 e. The van der Waals surface area contributed by atoms with Crippen molar-refractivity contribution in [1.82, 2.24) is 0 Å². The number of thiophene rings is 1. The highest BCUT2D eigenvalue weighted by molar-refractivity contribution is 7.14. The zero-order valence-corrected chi connectivity index (χ0v) is 12.4. The molecule has 1 N–H and O–H groups in total. The maximum absolute atomic E-state index is 11.8. The van der Waals surface area contributed by atoms with Crippen molar-refractivity contribution in [2.45, 2.75) is 32.4 Å². The van der Waals surface area contributed by atoms with Gasteiger partial charge in [0.15, 0.2) is 4.88 Å². The average Bonchev–Trinajstić information content (AvgIpc) is 2.76. The van der Waals surface area contributed by atoms with Gasteiger partial charge in [-0.05, 0) is 12.5 Å². The van der Waals surface area contributed by atoms with Gasteiger partial charge < -0.3 is 14.6 Å². The summed E-state index contributed by atoms with van der Waals surface area (Å²) in [4.78, 5) is 12.1. The Labute approximate surface area is 124 Å². The molecule has 4 nitrogen and oxygen atoms in total. The lowest BCUT2D eigenvalue weighted by molar-refractivity contribution is -0.174. The lowest BCUT2D eigenvalue weighted by Crippen LogP contribution is -2.18. The molecule has 0 spiro atoms. The molecule has 120 valence electrons. The molecule has 0 aliphatic rings. The summed E-state index contributed by atoms with van der Waals surface area (Å²) in [7, 11) is 0. The van der Waals surface area contributed by atoms with Gasteiger partial charge in [-0.1, -0.05) is 13.3 Å².